The second-order valence-corrected chi connectivity index (χ2v) is 3.73. The van der Waals surface area contributed by atoms with Crippen molar-refractivity contribution < 1.29 is 4.79 Å². The van der Waals surface area contributed by atoms with Crippen LogP contribution in [0, 0.1) is 10.6 Å². The summed E-state index contributed by atoms with van der Waals surface area (Å²) in [5.74, 6) is 0. The normalized spacial score (nSPS) is 10.6. The van der Waals surface area contributed by atoms with E-state index in [1.807, 2.05) is 19.1 Å². The minimum absolute atomic E-state index is 0.453. The Morgan fingerprint density at radius 2 is 2.31 bits per heavy atom. The van der Waals surface area contributed by atoms with Crippen molar-refractivity contribution >= 4 is 34.5 Å². The summed E-state index contributed by atoms with van der Waals surface area (Å²) in [5.41, 5.74) is 1.94. The van der Waals surface area contributed by atoms with Gasteiger partial charge in [0.05, 0.1) is 5.69 Å². The molecule has 0 amide bonds. The molecule has 0 aliphatic carbocycles. The number of hydrogen-bond acceptors (Lipinski definition) is 3. The highest BCUT2D eigenvalue weighted by molar-refractivity contribution is 14.1. The molecule has 0 fully saturated rings. The summed E-state index contributed by atoms with van der Waals surface area (Å²) in [6.07, 6.45) is 0.747. The number of nitrogens with zero attached hydrogens (tertiary/aromatic N) is 3. The van der Waals surface area contributed by atoms with E-state index in [-0.39, 0.29) is 0 Å². The molecular formula is C8H6IN3O. The van der Waals surface area contributed by atoms with Gasteiger partial charge in [-0.05, 0) is 41.6 Å². The molecule has 2 aromatic rings. The lowest BCUT2D eigenvalue weighted by Gasteiger charge is -1.94. The highest BCUT2D eigenvalue weighted by atomic mass is 127. The maximum Gasteiger partial charge on any atom is 0.170 e. The topological polar surface area (TPSA) is 47.3 Å². The van der Waals surface area contributed by atoms with E-state index >= 15 is 0 Å². The Hall–Kier alpha value is -0.980. The van der Waals surface area contributed by atoms with E-state index in [1.165, 1.54) is 0 Å². The van der Waals surface area contributed by atoms with Crippen LogP contribution in [-0.2, 0) is 0 Å². The standard InChI is InChI=1S/C8H6IN3O/c1-5-6(4-13)10-8-3-2-7(9)11-12(5)8/h2-4H,1H3. The molecule has 0 aromatic carbocycles. The lowest BCUT2D eigenvalue weighted by atomic mass is 10.4. The van der Waals surface area contributed by atoms with Gasteiger partial charge in [0.25, 0.3) is 0 Å². The fraction of sp³-hybridized carbons (Fsp3) is 0.125. The van der Waals surface area contributed by atoms with E-state index in [9.17, 15) is 4.79 Å². The molecule has 0 saturated heterocycles. The molecule has 2 aromatic heterocycles. The Morgan fingerprint density at radius 1 is 1.54 bits per heavy atom. The molecular weight excluding hydrogens is 281 g/mol. The van der Waals surface area contributed by atoms with Crippen LogP contribution in [0.3, 0.4) is 0 Å². The summed E-state index contributed by atoms with van der Waals surface area (Å²) < 4.78 is 2.55. The van der Waals surface area contributed by atoms with Crippen LogP contribution in [0.15, 0.2) is 12.1 Å². The first kappa shape index (κ1) is 8.61. The van der Waals surface area contributed by atoms with Gasteiger partial charge in [-0.15, -0.1) is 0 Å². The van der Waals surface area contributed by atoms with Gasteiger partial charge in [-0.2, -0.15) is 5.10 Å². The zero-order valence-electron chi connectivity index (χ0n) is 6.86. The summed E-state index contributed by atoms with van der Waals surface area (Å²) in [7, 11) is 0. The van der Waals surface area contributed by atoms with E-state index in [4.69, 9.17) is 0 Å². The molecule has 2 rings (SSSR count). The van der Waals surface area contributed by atoms with Crippen molar-refractivity contribution in [1.29, 1.82) is 0 Å². The molecule has 0 spiro atoms. The van der Waals surface area contributed by atoms with Crippen LogP contribution in [0.25, 0.3) is 5.65 Å². The molecule has 13 heavy (non-hydrogen) atoms. The zero-order chi connectivity index (χ0) is 9.42. The molecule has 66 valence electrons. The van der Waals surface area contributed by atoms with E-state index in [2.05, 4.69) is 32.7 Å². The van der Waals surface area contributed by atoms with Gasteiger partial charge in [0, 0.05) is 0 Å². The average Bonchev–Trinajstić information content (AvgIpc) is 2.44. The van der Waals surface area contributed by atoms with Crippen molar-refractivity contribution in [2.45, 2.75) is 6.92 Å². The summed E-state index contributed by atoms with van der Waals surface area (Å²) in [4.78, 5) is 14.7. The first-order valence-corrected chi connectivity index (χ1v) is 4.77. The number of fused-ring (bicyclic) bond motifs is 1. The molecule has 5 heteroatoms. The zero-order valence-corrected chi connectivity index (χ0v) is 9.02. The van der Waals surface area contributed by atoms with Crippen LogP contribution < -0.4 is 0 Å². The van der Waals surface area contributed by atoms with Gasteiger partial charge < -0.3 is 0 Å². The number of hydrogen-bond donors (Lipinski definition) is 0. The highest BCUT2D eigenvalue weighted by Crippen LogP contribution is 2.09. The monoisotopic (exact) mass is 287 g/mol. The molecule has 0 aliphatic heterocycles. The van der Waals surface area contributed by atoms with E-state index < -0.39 is 0 Å². The molecule has 0 unspecified atom stereocenters. The Balaban J connectivity index is 2.84. The molecule has 0 radical (unpaired) electrons. The number of rotatable bonds is 1. The molecule has 2 heterocycles. The molecule has 0 bridgehead atoms. The Morgan fingerprint density at radius 3 is 3.00 bits per heavy atom. The van der Waals surface area contributed by atoms with Crippen LogP contribution in [0.2, 0.25) is 0 Å². The van der Waals surface area contributed by atoms with Crippen LogP contribution in [0.4, 0.5) is 0 Å². The van der Waals surface area contributed by atoms with Gasteiger partial charge in [-0.25, -0.2) is 9.50 Å². The van der Waals surface area contributed by atoms with Gasteiger partial charge in [-0.3, -0.25) is 4.79 Å². The maximum atomic E-state index is 10.6. The summed E-state index contributed by atoms with van der Waals surface area (Å²) >= 11 is 2.12. The van der Waals surface area contributed by atoms with Gasteiger partial charge in [0.1, 0.15) is 9.39 Å². The number of carbonyl (C=O) groups excluding carboxylic acids is 1. The van der Waals surface area contributed by atoms with Crippen molar-refractivity contribution in [3.63, 3.8) is 0 Å². The lowest BCUT2D eigenvalue weighted by molar-refractivity contribution is 0.111. The summed E-state index contributed by atoms with van der Waals surface area (Å²) in [6.45, 7) is 1.83. The number of halogens is 1. The van der Waals surface area contributed by atoms with Crippen LogP contribution in [0.5, 0.6) is 0 Å². The molecule has 0 saturated carbocycles. The number of aryl methyl sites for hydroxylation is 1. The average molecular weight is 287 g/mol. The van der Waals surface area contributed by atoms with Crippen molar-refractivity contribution in [3.05, 3.63) is 27.2 Å². The SMILES string of the molecule is Cc1c(C=O)nc2ccc(I)nn12. The highest BCUT2D eigenvalue weighted by Gasteiger charge is 2.07. The van der Waals surface area contributed by atoms with Crippen molar-refractivity contribution in [3.8, 4) is 0 Å². The third-order valence-corrected chi connectivity index (χ3v) is 2.39. The van der Waals surface area contributed by atoms with Crippen LogP contribution in [-0.4, -0.2) is 20.9 Å². The predicted octanol–water partition coefficient (Wildman–Crippen LogP) is 1.45. The fourth-order valence-corrected chi connectivity index (χ4v) is 1.55. The van der Waals surface area contributed by atoms with Crippen LogP contribution >= 0.6 is 22.6 Å². The third kappa shape index (κ3) is 1.32. The largest absolute Gasteiger partial charge is 0.296 e. The van der Waals surface area contributed by atoms with E-state index in [0.717, 1.165) is 15.7 Å². The van der Waals surface area contributed by atoms with Gasteiger partial charge >= 0.3 is 0 Å². The van der Waals surface area contributed by atoms with Gasteiger partial charge in [-0.1, -0.05) is 0 Å². The van der Waals surface area contributed by atoms with Crippen molar-refractivity contribution in [2.75, 3.05) is 0 Å². The minimum atomic E-state index is 0.453. The van der Waals surface area contributed by atoms with Crippen molar-refractivity contribution in [1.82, 2.24) is 14.6 Å². The second kappa shape index (κ2) is 3.06. The maximum absolute atomic E-state index is 10.6. The number of imidazole rings is 1. The minimum Gasteiger partial charge on any atom is -0.296 e. The Bertz CT molecular complexity index is 477. The molecule has 0 atom stereocenters. The lowest BCUT2D eigenvalue weighted by Crippen LogP contribution is -1.95. The fourth-order valence-electron chi connectivity index (χ4n) is 1.15. The second-order valence-electron chi connectivity index (χ2n) is 2.63. The first-order valence-electron chi connectivity index (χ1n) is 3.69. The van der Waals surface area contributed by atoms with Crippen molar-refractivity contribution in [2.24, 2.45) is 0 Å². The van der Waals surface area contributed by atoms with Crippen LogP contribution in [0.1, 0.15) is 16.2 Å². The smallest absolute Gasteiger partial charge is 0.170 e. The van der Waals surface area contributed by atoms with Gasteiger partial charge in [0.15, 0.2) is 11.9 Å². The first-order chi connectivity index (χ1) is 6.22. The number of aromatic nitrogens is 3. The Kier molecular flexibility index (Phi) is 2.03. The number of aldehydes is 1. The van der Waals surface area contributed by atoms with E-state index in [1.54, 1.807) is 4.52 Å². The molecule has 0 N–H and O–H groups in total. The third-order valence-electron chi connectivity index (χ3n) is 1.82. The number of carbonyl (C=O) groups is 1. The summed E-state index contributed by atoms with van der Waals surface area (Å²) in [5, 5.41) is 4.23. The van der Waals surface area contributed by atoms with E-state index in [0.29, 0.717) is 11.3 Å². The quantitative estimate of drug-likeness (QED) is 0.589. The predicted molar refractivity (Wildman–Crippen MR) is 55.8 cm³/mol. The molecule has 4 nitrogen and oxygen atoms in total. The molecule has 0 aliphatic rings. The Labute approximate surface area is 88.1 Å². The van der Waals surface area contributed by atoms with Gasteiger partial charge in [0.2, 0.25) is 0 Å². The summed E-state index contributed by atoms with van der Waals surface area (Å²) in [6, 6.07) is 3.70.